The van der Waals surface area contributed by atoms with Crippen molar-refractivity contribution in [2.75, 3.05) is 18.0 Å². The second-order valence-electron chi connectivity index (χ2n) is 2.87. The first-order valence-corrected chi connectivity index (χ1v) is 4.70. The van der Waals surface area contributed by atoms with Gasteiger partial charge in [-0.05, 0) is 24.6 Å². The molecule has 0 aliphatic heterocycles. The molecule has 72 valence electrons. The summed E-state index contributed by atoms with van der Waals surface area (Å²) in [5.74, 6) is -0.267. The molecule has 13 heavy (non-hydrogen) atoms. The third-order valence-corrected chi connectivity index (χ3v) is 2.48. The number of benzene rings is 1. The molecule has 0 atom stereocenters. The highest BCUT2D eigenvalue weighted by atomic mass is 35.5. The van der Waals surface area contributed by atoms with Crippen LogP contribution < -0.4 is 4.90 Å². The fraction of sp³-hybridized carbons (Fsp3) is 0.333. The van der Waals surface area contributed by atoms with Gasteiger partial charge < -0.3 is 4.90 Å². The van der Waals surface area contributed by atoms with Gasteiger partial charge in [0.05, 0.1) is 16.7 Å². The van der Waals surface area contributed by atoms with Crippen molar-refractivity contribution in [3.05, 3.63) is 28.5 Å². The summed E-state index contributed by atoms with van der Waals surface area (Å²) in [6.07, 6.45) is 0. The van der Waals surface area contributed by atoms with E-state index in [1.165, 1.54) is 6.07 Å². The first-order valence-electron chi connectivity index (χ1n) is 3.79. The molecule has 0 heterocycles. The van der Waals surface area contributed by atoms with Crippen LogP contribution in [0.5, 0.6) is 0 Å². The van der Waals surface area contributed by atoms with Gasteiger partial charge in [0, 0.05) is 7.05 Å². The smallest absolute Gasteiger partial charge is 0.128 e. The summed E-state index contributed by atoms with van der Waals surface area (Å²) >= 11 is 11.5. The molecule has 0 unspecified atom stereocenters. The van der Waals surface area contributed by atoms with Crippen LogP contribution in [0.2, 0.25) is 5.02 Å². The summed E-state index contributed by atoms with van der Waals surface area (Å²) in [5.41, 5.74) is 1.15. The molecule has 0 amide bonds. The van der Waals surface area contributed by atoms with Crippen molar-refractivity contribution < 1.29 is 4.39 Å². The van der Waals surface area contributed by atoms with Gasteiger partial charge in [0.15, 0.2) is 0 Å². The Morgan fingerprint density at radius 2 is 2.08 bits per heavy atom. The summed E-state index contributed by atoms with van der Waals surface area (Å²) < 4.78 is 13.1. The number of alkyl halides is 1. The summed E-state index contributed by atoms with van der Waals surface area (Å²) in [5, 5.41) is 0.516. The van der Waals surface area contributed by atoms with E-state index in [9.17, 15) is 4.39 Å². The zero-order chi connectivity index (χ0) is 10.0. The molecule has 1 aromatic carbocycles. The van der Waals surface area contributed by atoms with Crippen LogP contribution in [0.25, 0.3) is 0 Å². The molecule has 0 saturated heterocycles. The Morgan fingerprint density at radius 3 is 2.62 bits per heavy atom. The minimum absolute atomic E-state index is 0.267. The molecule has 0 aliphatic rings. The second-order valence-corrected chi connectivity index (χ2v) is 3.52. The van der Waals surface area contributed by atoms with Crippen molar-refractivity contribution in [1.82, 2.24) is 0 Å². The van der Waals surface area contributed by atoms with Gasteiger partial charge in [0.25, 0.3) is 0 Å². The summed E-state index contributed by atoms with van der Waals surface area (Å²) in [7, 11) is 1.75. The van der Waals surface area contributed by atoms with Crippen LogP contribution in [0.1, 0.15) is 5.56 Å². The lowest BCUT2D eigenvalue weighted by atomic mass is 10.2. The fourth-order valence-electron chi connectivity index (χ4n) is 0.993. The van der Waals surface area contributed by atoms with E-state index in [0.29, 0.717) is 16.3 Å². The van der Waals surface area contributed by atoms with Gasteiger partial charge in [-0.3, -0.25) is 0 Å². The Labute approximate surface area is 87.1 Å². The number of nitrogens with zero attached hydrogens (tertiary/aromatic N) is 1. The summed E-state index contributed by atoms with van der Waals surface area (Å²) in [6.45, 7) is 1.67. The van der Waals surface area contributed by atoms with Gasteiger partial charge in [-0.1, -0.05) is 11.6 Å². The van der Waals surface area contributed by atoms with Gasteiger partial charge in [-0.15, -0.1) is 11.6 Å². The molecule has 1 aromatic rings. The van der Waals surface area contributed by atoms with Crippen LogP contribution in [0.15, 0.2) is 12.1 Å². The molecule has 4 heteroatoms. The number of rotatable bonds is 2. The topological polar surface area (TPSA) is 3.24 Å². The van der Waals surface area contributed by atoms with Gasteiger partial charge >= 0.3 is 0 Å². The predicted molar refractivity (Wildman–Crippen MR) is 55.3 cm³/mol. The SMILES string of the molecule is Cc1cc(Cl)c(N(C)CCl)cc1F. The Balaban J connectivity index is 3.15. The van der Waals surface area contributed by atoms with Crippen molar-refractivity contribution in [3.63, 3.8) is 0 Å². The van der Waals surface area contributed by atoms with Crippen molar-refractivity contribution in [1.29, 1.82) is 0 Å². The second kappa shape index (κ2) is 4.16. The highest BCUT2D eigenvalue weighted by molar-refractivity contribution is 6.33. The van der Waals surface area contributed by atoms with E-state index >= 15 is 0 Å². The molecule has 0 fully saturated rings. The van der Waals surface area contributed by atoms with Crippen LogP contribution in [0.4, 0.5) is 10.1 Å². The lowest BCUT2D eigenvalue weighted by Gasteiger charge is -2.17. The number of hydrogen-bond acceptors (Lipinski definition) is 1. The van der Waals surface area contributed by atoms with E-state index in [4.69, 9.17) is 23.2 Å². The van der Waals surface area contributed by atoms with Crippen LogP contribution in [-0.2, 0) is 0 Å². The van der Waals surface area contributed by atoms with Crippen LogP contribution in [-0.4, -0.2) is 13.1 Å². The first kappa shape index (κ1) is 10.6. The highest BCUT2D eigenvalue weighted by Crippen LogP contribution is 2.27. The zero-order valence-electron chi connectivity index (χ0n) is 7.44. The number of anilines is 1. The highest BCUT2D eigenvalue weighted by Gasteiger charge is 2.08. The average Bonchev–Trinajstić information content (AvgIpc) is 2.10. The number of halogens is 3. The van der Waals surface area contributed by atoms with Gasteiger partial charge in [0.2, 0.25) is 0 Å². The molecule has 0 saturated carbocycles. The minimum atomic E-state index is -0.267. The number of aryl methyl sites for hydroxylation is 1. The maximum absolute atomic E-state index is 13.1. The molecule has 1 rings (SSSR count). The molecule has 1 nitrogen and oxygen atoms in total. The van der Waals surface area contributed by atoms with Gasteiger partial charge in [-0.25, -0.2) is 4.39 Å². The zero-order valence-corrected chi connectivity index (χ0v) is 8.95. The largest absolute Gasteiger partial charge is 0.360 e. The third-order valence-electron chi connectivity index (χ3n) is 1.82. The molecule has 0 aliphatic carbocycles. The monoisotopic (exact) mass is 221 g/mol. The lowest BCUT2D eigenvalue weighted by Crippen LogP contribution is -2.15. The van der Waals surface area contributed by atoms with E-state index in [1.54, 1.807) is 24.9 Å². The standard InChI is InChI=1S/C9H10Cl2FN/c1-6-3-7(11)9(4-8(6)12)13(2)5-10/h3-4H,5H2,1-2H3. The third kappa shape index (κ3) is 2.26. The van der Waals surface area contributed by atoms with Crippen molar-refractivity contribution in [3.8, 4) is 0 Å². The molecule has 0 spiro atoms. The molecular weight excluding hydrogens is 212 g/mol. The fourth-order valence-corrected chi connectivity index (χ4v) is 1.48. The van der Waals surface area contributed by atoms with Crippen molar-refractivity contribution >= 4 is 28.9 Å². The first-order chi connectivity index (χ1) is 6.06. The van der Waals surface area contributed by atoms with E-state index in [-0.39, 0.29) is 11.8 Å². The van der Waals surface area contributed by atoms with E-state index in [2.05, 4.69) is 0 Å². The molecule has 0 N–H and O–H groups in total. The van der Waals surface area contributed by atoms with Crippen molar-refractivity contribution in [2.45, 2.75) is 6.92 Å². The summed E-state index contributed by atoms with van der Waals surface area (Å²) in [6, 6.07) is 3.26. The Kier molecular flexibility index (Phi) is 3.40. The van der Waals surface area contributed by atoms with Crippen LogP contribution >= 0.6 is 23.2 Å². The molecular formula is C9H10Cl2FN. The van der Waals surface area contributed by atoms with E-state index < -0.39 is 0 Å². The van der Waals surface area contributed by atoms with Crippen LogP contribution in [0.3, 0.4) is 0 Å². The van der Waals surface area contributed by atoms with Gasteiger partial charge in [-0.2, -0.15) is 0 Å². The van der Waals surface area contributed by atoms with E-state index in [0.717, 1.165) is 0 Å². The number of hydrogen-bond donors (Lipinski definition) is 0. The predicted octanol–water partition coefficient (Wildman–Crippen LogP) is 3.42. The Hall–Kier alpha value is -0.470. The molecule has 0 bridgehead atoms. The van der Waals surface area contributed by atoms with Gasteiger partial charge in [0.1, 0.15) is 5.82 Å². The normalized spacial score (nSPS) is 10.2. The van der Waals surface area contributed by atoms with Crippen molar-refractivity contribution in [2.24, 2.45) is 0 Å². The average molecular weight is 222 g/mol. The van der Waals surface area contributed by atoms with Crippen LogP contribution in [0, 0.1) is 12.7 Å². The summed E-state index contributed by atoms with van der Waals surface area (Å²) in [4.78, 5) is 1.67. The van der Waals surface area contributed by atoms with E-state index in [1.807, 2.05) is 0 Å². The molecule has 0 radical (unpaired) electrons. The molecule has 0 aromatic heterocycles. The Morgan fingerprint density at radius 1 is 1.46 bits per heavy atom. The quantitative estimate of drug-likeness (QED) is 0.547. The maximum atomic E-state index is 13.1. The lowest BCUT2D eigenvalue weighted by molar-refractivity contribution is 0.618. The maximum Gasteiger partial charge on any atom is 0.128 e. The Bertz CT molecular complexity index is 315. The minimum Gasteiger partial charge on any atom is -0.360 e.